The summed E-state index contributed by atoms with van der Waals surface area (Å²) in [5, 5.41) is 10.3. The maximum absolute atomic E-state index is 10.3. The van der Waals surface area contributed by atoms with Gasteiger partial charge in [-0.05, 0) is 117 Å². The van der Waals surface area contributed by atoms with Crippen molar-refractivity contribution in [3.8, 4) is 0 Å². The zero-order valence-electron chi connectivity index (χ0n) is 16.5. The van der Waals surface area contributed by atoms with Crippen LogP contribution in [0.5, 0.6) is 0 Å². The Morgan fingerprint density at radius 2 is 1.76 bits per heavy atom. The van der Waals surface area contributed by atoms with Crippen LogP contribution in [0.2, 0.25) is 0 Å². The molecule has 5 rings (SSSR count). The highest BCUT2D eigenvalue weighted by Gasteiger charge is 2.64. The minimum Gasteiger partial charge on any atom is -0.393 e. The van der Waals surface area contributed by atoms with Gasteiger partial charge in [0.25, 0.3) is 0 Å². The highest BCUT2D eigenvalue weighted by molar-refractivity contribution is 5.20. The van der Waals surface area contributed by atoms with Crippen LogP contribution >= 0.6 is 0 Å². The molecule has 0 aromatic rings. The lowest BCUT2D eigenvalue weighted by Gasteiger charge is -2.66. The molecule has 1 heteroatoms. The van der Waals surface area contributed by atoms with Gasteiger partial charge in [0.05, 0.1) is 6.10 Å². The summed E-state index contributed by atoms with van der Waals surface area (Å²) >= 11 is 0. The Labute approximate surface area is 154 Å². The van der Waals surface area contributed by atoms with Gasteiger partial charge in [-0.15, -0.1) is 0 Å². The molecular formula is C24H38O. The minimum atomic E-state index is -0.0397. The molecule has 8 atom stereocenters. The van der Waals surface area contributed by atoms with E-state index in [9.17, 15) is 5.11 Å². The summed E-state index contributed by atoms with van der Waals surface area (Å²) in [4.78, 5) is 0. The van der Waals surface area contributed by atoms with Crippen LogP contribution in [-0.4, -0.2) is 11.2 Å². The smallest absolute Gasteiger partial charge is 0.0545 e. The second kappa shape index (κ2) is 5.37. The first-order valence-corrected chi connectivity index (χ1v) is 11.3. The lowest BCUT2D eigenvalue weighted by Crippen LogP contribution is -2.58. The molecule has 0 saturated heterocycles. The van der Waals surface area contributed by atoms with Crippen molar-refractivity contribution >= 4 is 0 Å². The van der Waals surface area contributed by atoms with E-state index in [1.54, 1.807) is 5.57 Å². The predicted octanol–water partition coefficient (Wildman–Crippen LogP) is 6.12. The van der Waals surface area contributed by atoms with Crippen molar-refractivity contribution in [3.63, 3.8) is 0 Å². The van der Waals surface area contributed by atoms with Crippen molar-refractivity contribution < 1.29 is 5.11 Å². The van der Waals surface area contributed by atoms with Gasteiger partial charge in [0.2, 0.25) is 0 Å². The van der Waals surface area contributed by atoms with Gasteiger partial charge >= 0.3 is 0 Å². The molecule has 5 fully saturated rings. The summed E-state index contributed by atoms with van der Waals surface area (Å²) in [6, 6.07) is 0. The first-order chi connectivity index (χ1) is 11.9. The van der Waals surface area contributed by atoms with Crippen molar-refractivity contribution in [1.82, 2.24) is 0 Å². The fraction of sp³-hybridized carbons (Fsp3) is 0.917. The summed E-state index contributed by atoms with van der Waals surface area (Å²) in [5.74, 6) is 3.74. The monoisotopic (exact) mass is 342 g/mol. The summed E-state index contributed by atoms with van der Waals surface area (Å²) in [6.07, 6.45) is 16.2. The molecule has 0 aromatic carbocycles. The number of rotatable bonds is 0. The minimum absolute atomic E-state index is 0.0397. The van der Waals surface area contributed by atoms with E-state index in [4.69, 9.17) is 0 Å². The molecule has 0 aliphatic heterocycles. The zero-order chi connectivity index (χ0) is 17.4. The van der Waals surface area contributed by atoms with E-state index in [1.807, 2.05) is 0 Å². The van der Waals surface area contributed by atoms with Gasteiger partial charge < -0.3 is 5.11 Å². The molecule has 0 bridgehead atoms. The first kappa shape index (κ1) is 16.8. The van der Waals surface area contributed by atoms with Gasteiger partial charge in [0.1, 0.15) is 0 Å². The van der Waals surface area contributed by atoms with Crippen LogP contribution in [0.3, 0.4) is 0 Å². The van der Waals surface area contributed by atoms with Crippen molar-refractivity contribution in [3.05, 3.63) is 12.2 Å². The normalized spacial score (nSPS) is 58.0. The third-order valence-corrected chi connectivity index (χ3v) is 10.7. The van der Waals surface area contributed by atoms with Crippen molar-refractivity contribution in [2.45, 2.75) is 97.0 Å². The molecule has 0 radical (unpaired) electrons. The summed E-state index contributed by atoms with van der Waals surface area (Å²) < 4.78 is 0. The van der Waals surface area contributed by atoms with Gasteiger partial charge in [-0.2, -0.15) is 0 Å². The second-order valence-corrected chi connectivity index (χ2v) is 11.2. The first-order valence-electron chi connectivity index (χ1n) is 11.3. The quantitative estimate of drug-likeness (QED) is 0.526. The van der Waals surface area contributed by atoms with E-state index < -0.39 is 0 Å². The van der Waals surface area contributed by atoms with Crippen LogP contribution in [0.4, 0.5) is 0 Å². The third-order valence-electron chi connectivity index (χ3n) is 10.7. The molecule has 1 spiro atoms. The molecule has 0 heterocycles. The van der Waals surface area contributed by atoms with Crippen molar-refractivity contribution in [2.75, 3.05) is 0 Å². The Morgan fingerprint density at radius 1 is 0.920 bits per heavy atom. The standard InChI is InChI=1S/C24H38O/c1-16-5-4-11-24-14-10-20-18(21(24)7-6-19(16)24)9-12-22(2)15-17(25)8-13-23(20,22)3/h17-21,25H,1,4-15H2,2-3H3/t17-,18?,19?,20?,21?,22?,23?,24?/m1/s1. The number of aliphatic hydroxyl groups excluding tert-OH is 1. The zero-order valence-corrected chi connectivity index (χ0v) is 16.5. The predicted molar refractivity (Wildman–Crippen MR) is 103 cm³/mol. The number of aliphatic hydroxyl groups is 1. The van der Waals surface area contributed by atoms with Crippen LogP contribution in [0.15, 0.2) is 12.2 Å². The Kier molecular flexibility index (Phi) is 3.62. The van der Waals surface area contributed by atoms with E-state index in [2.05, 4.69) is 20.4 Å². The number of allylic oxidation sites excluding steroid dienone is 1. The average Bonchev–Trinajstić information content (AvgIpc) is 2.97. The second-order valence-electron chi connectivity index (χ2n) is 11.2. The number of hydrogen-bond donors (Lipinski definition) is 1. The molecule has 140 valence electrons. The molecule has 1 N–H and O–H groups in total. The molecule has 1 nitrogen and oxygen atoms in total. The van der Waals surface area contributed by atoms with E-state index >= 15 is 0 Å². The van der Waals surface area contributed by atoms with Crippen LogP contribution in [0.25, 0.3) is 0 Å². The van der Waals surface area contributed by atoms with Crippen LogP contribution in [0, 0.1) is 39.9 Å². The number of fused-ring (bicyclic) bond motifs is 4. The average molecular weight is 343 g/mol. The molecular weight excluding hydrogens is 304 g/mol. The summed E-state index contributed by atoms with van der Waals surface area (Å²) in [5.41, 5.74) is 3.11. The van der Waals surface area contributed by atoms with Gasteiger partial charge in [-0.1, -0.05) is 26.0 Å². The maximum atomic E-state index is 10.3. The van der Waals surface area contributed by atoms with Crippen LogP contribution in [-0.2, 0) is 0 Å². The maximum Gasteiger partial charge on any atom is 0.0545 e. The third kappa shape index (κ3) is 2.05. The van der Waals surface area contributed by atoms with E-state index in [0.29, 0.717) is 16.2 Å². The Hall–Kier alpha value is -0.300. The molecule has 25 heavy (non-hydrogen) atoms. The van der Waals surface area contributed by atoms with Gasteiger partial charge in [0, 0.05) is 0 Å². The highest BCUT2D eigenvalue weighted by Crippen LogP contribution is 2.72. The fourth-order valence-electron chi connectivity index (χ4n) is 9.34. The SMILES string of the molecule is C=C1CCCC23CCC4C(CCC5(C)C[C@H](O)CCC45C)C2CCC13. The van der Waals surface area contributed by atoms with Crippen molar-refractivity contribution in [1.29, 1.82) is 0 Å². The Balaban J connectivity index is 1.48. The molecule has 0 aromatic heterocycles. The molecule has 5 saturated carbocycles. The fourth-order valence-corrected chi connectivity index (χ4v) is 9.34. The molecule has 5 aliphatic carbocycles. The Morgan fingerprint density at radius 3 is 2.60 bits per heavy atom. The van der Waals surface area contributed by atoms with Gasteiger partial charge in [-0.25, -0.2) is 0 Å². The van der Waals surface area contributed by atoms with Gasteiger partial charge in [0.15, 0.2) is 0 Å². The van der Waals surface area contributed by atoms with E-state index in [-0.39, 0.29) is 6.10 Å². The molecule has 0 amide bonds. The molecule has 7 unspecified atom stereocenters. The lowest BCUT2D eigenvalue weighted by atomic mass is 9.39. The summed E-state index contributed by atoms with van der Waals surface area (Å²) in [6.45, 7) is 9.67. The van der Waals surface area contributed by atoms with Crippen LogP contribution in [0.1, 0.15) is 90.9 Å². The molecule has 5 aliphatic rings. The Bertz CT molecular complexity index is 581. The van der Waals surface area contributed by atoms with E-state index in [1.165, 1.54) is 64.2 Å². The van der Waals surface area contributed by atoms with Crippen molar-refractivity contribution in [2.24, 2.45) is 39.9 Å². The topological polar surface area (TPSA) is 20.2 Å². The largest absolute Gasteiger partial charge is 0.393 e. The van der Waals surface area contributed by atoms with E-state index in [0.717, 1.165) is 36.5 Å². The summed E-state index contributed by atoms with van der Waals surface area (Å²) in [7, 11) is 0. The lowest BCUT2D eigenvalue weighted by molar-refractivity contribution is -0.173. The van der Waals surface area contributed by atoms with Gasteiger partial charge in [-0.3, -0.25) is 0 Å². The number of hydrogen-bond acceptors (Lipinski definition) is 1. The highest BCUT2D eigenvalue weighted by atomic mass is 16.3. The van der Waals surface area contributed by atoms with Crippen LogP contribution < -0.4 is 0 Å².